The van der Waals surface area contributed by atoms with E-state index in [2.05, 4.69) is 58.2 Å². The molecule has 0 spiro atoms. The molecule has 5 unspecified atom stereocenters. The predicted molar refractivity (Wildman–Crippen MR) is 590 cm³/mol. The number of terminal acetylenes is 3. The smallest absolute Gasteiger partial charge is 0.258 e. The van der Waals surface area contributed by atoms with Gasteiger partial charge >= 0.3 is 0 Å². The molecule has 0 saturated heterocycles. The van der Waals surface area contributed by atoms with Gasteiger partial charge < -0.3 is 55.8 Å². The Kier molecular flexibility index (Phi) is 51.0. The molecule has 9 fully saturated rings. The standard InChI is InChI=1S/C26H40N2O3.2C25H34N2O2.C25H28N2O2.C25H38N2O2/c1-3-4-19-27-25(29)24(20-13-7-5-8-14-20)28(21-15-9-6-10-16-21)26(30)22-17-11-12-18-23(22)31-2;1-3-18-27(25(29)22-17-11-10-12-19(22)2)23(20-13-6-4-7-14-20)24(28)26-21-15-8-5-9-16-21;2*1-2-18-27(25(29)22-16-10-5-11-17-22)23(21-14-8-4-9-15-21)24(28)26-19-20-12-6-3-7-13-20;1-2-3-19-26-24(28)23(20-13-7-4-8-14-20)27(22-17-11-6-12-18-22)25(29)21-15-9-5-10-16-21/h11-12,17-18,20-21,24H,3-10,13-16,19H2,1-2H3,(H,27,29);1,10-12,17,20-21,23H,4-9,13-16,18H2,2H3,(H,26,28);1,5,10-11,16-17,20-21,23H,3-4,6-9,12-15,18-19H2,(H,26,28);1,3,5-7,10-13,16-17,21,23H,4,8-9,14-15,18-19H2,(H,26,28);5,9-10,15-16,20,22-23H,2-4,6-8,11-14,17-19H2,1H3,(H,26,28). The molecule has 794 valence electrons. The number of hydrogen-bond donors (Lipinski definition) is 5. The third kappa shape index (κ3) is 35.6. The zero-order valence-corrected chi connectivity index (χ0v) is 89.3. The van der Waals surface area contributed by atoms with Crippen molar-refractivity contribution >= 4 is 59.1 Å². The summed E-state index contributed by atoms with van der Waals surface area (Å²) in [5.41, 5.74) is 4.99. The molecule has 6 aromatic rings. The highest BCUT2D eigenvalue weighted by atomic mass is 16.5. The Morgan fingerprint density at radius 2 is 0.626 bits per heavy atom. The van der Waals surface area contributed by atoms with Gasteiger partial charge in [-0.15, -0.1) is 19.3 Å². The summed E-state index contributed by atoms with van der Waals surface area (Å²) < 4.78 is 5.52. The molecule has 0 aliphatic heterocycles. The van der Waals surface area contributed by atoms with Gasteiger partial charge in [-0.1, -0.05) is 333 Å². The minimum Gasteiger partial charge on any atom is -0.496 e. The van der Waals surface area contributed by atoms with E-state index in [1.165, 1.54) is 96.3 Å². The number of rotatable bonds is 37. The molecule has 0 radical (unpaired) electrons. The Morgan fingerprint density at radius 3 is 1.01 bits per heavy atom. The number of hydrogen-bond acceptors (Lipinski definition) is 11. The summed E-state index contributed by atoms with van der Waals surface area (Å²) in [5, 5.41) is 15.9. The molecule has 5 atom stereocenters. The number of ether oxygens (including phenoxy) is 1. The lowest BCUT2D eigenvalue weighted by Crippen LogP contribution is -2.57. The first-order valence-corrected chi connectivity index (χ1v) is 57.1. The van der Waals surface area contributed by atoms with E-state index in [9.17, 15) is 47.9 Å². The molecule has 6 aromatic carbocycles. The molecule has 0 aromatic heterocycles. The fourth-order valence-corrected chi connectivity index (χ4v) is 24.5. The number of aryl methyl sites for hydroxylation is 1. The number of methoxy groups -OCH3 is 1. The van der Waals surface area contributed by atoms with Gasteiger partial charge in [-0.3, -0.25) is 47.9 Å². The van der Waals surface area contributed by atoms with Crippen molar-refractivity contribution in [3.63, 3.8) is 0 Å². The molecular formula is C126H174N10O11. The summed E-state index contributed by atoms with van der Waals surface area (Å²) in [4.78, 5) is 144. The van der Waals surface area contributed by atoms with Crippen molar-refractivity contribution in [2.75, 3.05) is 46.4 Å². The third-order valence-electron chi connectivity index (χ3n) is 32.4. The first-order chi connectivity index (χ1) is 71.9. The number of para-hydroxylation sites is 1. The Hall–Kier alpha value is -11.5. The van der Waals surface area contributed by atoms with Crippen LogP contribution in [0.25, 0.3) is 0 Å². The van der Waals surface area contributed by atoms with E-state index in [1.807, 2.05) is 162 Å². The van der Waals surface area contributed by atoms with Gasteiger partial charge in [0.15, 0.2) is 0 Å². The maximum Gasteiger partial charge on any atom is 0.258 e. The van der Waals surface area contributed by atoms with Crippen LogP contribution in [-0.4, -0.2) is 178 Å². The van der Waals surface area contributed by atoms with Gasteiger partial charge in [0.25, 0.3) is 29.5 Å². The highest BCUT2D eigenvalue weighted by Crippen LogP contribution is 2.41. The molecule has 5 N–H and O–H groups in total. The Labute approximate surface area is 881 Å². The van der Waals surface area contributed by atoms with Gasteiger partial charge in [0.05, 0.1) is 32.3 Å². The van der Waals surface area contributed by atoms with Crippen molar-refractivity contribution in [1.29, 1.82) is 0 Å². The molecule has 9 aliphatic rings. The molecule has 10 amide bonds. The van der Waals surface area contributed by atoms with Gasteiger partial charge in [-0.25, -0.2) is 0 Å². The van der Waals surface area contributed by atoms with E-state index in [0.29, 0.717) is 65.7 Å². The summed E-state index contributed by atoms with van der Waals surface area (Å²) in [6, 6.07) is 50.9. The molecule has 9 saturated carbocycles. The molecule has 15 rings (SSSR count). The Morgan fingerprint density at radius 1 is 0.320 bits per heavy atom. The van der Waals surface area contributed by atoms with Gasteiger partial charge in [0.1, 0.15) is 36.0 Å². The lowest BCUT2D eigenvalue weighted by Gasteiger charge is -2.43. The Bertz CT molecular complexity index is 5080. The fraction of sp³-hybridized carbons (Fsp3) is 0.587. The van der Waals surface area contributed by atoms with Crippen molar-refractivity contribution in [2.24, 2.45) is 35.5 Å². The van der Waals surface area contributed by atoms with E-state index < -0.39 is 24.2 Å². The lowest BCUT2D eigenvalue weighted by atomic mass is 9.81. The quantitative estimate of drug-likeness (QED) is 0.0181. The molecule has 147 heavy (non-hydrogen) atoms. The largest absolute Gasteiger partial charge is 0.496 e. The average molecular weight is 2000 g/mol. The van der Waals surface area contributed by atoms with E-state index >= 15 is 0 Å². The van der Waals surface area contributed by atoms with E-state index in [-0.39, 0.29) is 132 Å². The second-order valence-corrected chi connectivity index (χ2v) is 42.8. The van der Waals surface area contributed by atoms with Gasteiger partial charge in [0.2, 0.25) is 29.5 Å². The summed E-state index contributed by atoms with van der Waals surface area (Å²) in [5.74, 6) is 9.46. The molecule has 0 heterocycles. The van der Waals surface area contributed by atoms with Crippen LogP contribution in [0.4, 0.5) is 0 Å². The zero-order valence-electron chi connectivity index (χ0n) is 89.3. The van der Waals surface area contributed by atoms with E-state index in [1.54, 1.807) is 46.1 Å². The molecule has 21 heteroatoms. The summed E-state index contributed by atoms with van der Waals surface area (Å²) in [7, 11) is 1.60. The van der Waals surface area contributed by atoms with Crippen molar-refractivity contribution < 1.29 is 52.7 Å². The number of carbonyl (C=O) groups is 10. The second kappa shape index (κ2) is 64.7. The van der Waals surface area contributed by atoms with E-state index in [4.69, 9.17) is 24.0 Å². The molecule has 21 nitrogen and oxygen atoms in total. The summed E-state index contributed by atoms with van der Waals surface area (Å²) in [6.45, 7) is 9.17. The number of nitrogens with one attached hydrogen (secondary N) is 5. The molecule has 9 aliphatic carbocycles. The van der Waals surface area contributed by atoms with Crippen LogP contribution in [0.1, 0.15) is 391 Å². The zero-order chi connectivity index (χ0) is 104. The number of amides is 10. The fourth-order valence-electron chi connectivity index (χ4n) is 24.5. The van der Waals surface area contributed by atoms with E-state index in [0.717, 1.165) is 229 Å². The van der Waals surface area contributed by atoms with Crippen LogP contribution in [0.3, 0.4) is 0 Å². The van der Waals surface area contributed by atoms with Crippen molar-refractivity contribution in [3.05, 3.63) is 209 Å². The SMILES string of the molecule is C#CCN(C(=O)c1ccccc1)C(C(=O)NCC1CCCCC1)C1CCCCC1.C#CCN(C(=O)c1ccccc1)C(C(=O)NCc1ccccc1)C1CCCCC1.C#CCN(C(=O)c1ccccc1C)C(C(=O)NC1CCCCC1)C1CCCCC1.CCCCNC(=O)C(C1CCCCC1)N(C(=O)c1ccccc1)C1CCCCC1.CCCCNC(=O)C(C1CCCCC1)N(C(=O)c1ccccc1OC)C1CCCCC1. The van der Waals surface area contributed by atoms with Crippen molar-refractivity contribution in [1.82, 2.24) is 51.1 Å². The number of carbonyl (C=O) groups excluding carboxylic acids is 10. The number of nitrogens with zero attached hydrogens (tertiary/aromatic N) is 5. The molecule has 0 bridgehead atoms. The van der Waals surface area contributed by atoms with Gasteiger partial charge in [0, 0.05) is 66.6 Å². The minimum absolute atomic E-state index is 0.0130. The highest BCUT2D eigenvalue weighted by Gasteiger charge is 2.46. The molecular weight excluding hydrogens is 1830 g/mol. The lowest BCUT2D eigenvalue weighted by molar-refractivity contribution is -0.129. The van der Waals surface area contributed by atoms with Gasteiger partial charge in [-0.05, 0) is 237 Å². The van der Waals surface area contributed by atoms with Crippen molar-refractivity contribution in [2.45, 2.75) is 390 Å². The Balaban J connectivity index is 0.000000175. The van der Waals surface area contributed by atoms with Crippen LogP contribution in [-0.2, 0) is 30.5 Å². The summed E-state index contributed by atoms with van der Waals surface area (Å²) >= 11 is 0. The first kappa shape index (κ1) is 116. The number of benzene rings is 6. The van der Waals surface area contributed by atoms with Crippen LogP contribution in [0.5, 0.6) is 5.75 Å². The normalized spacial score (nSPS) is 18.4. The highest BCUT2D eigenvalue weighted by molar-refractivity contribution is 6.02. The van der Waals surface area contributed by atoms with Crippen LogP contribution >= 0.6 is 0 Å². The van der Waals surface area contributed by atoms with Gasteiger partial charge in [-0.2, -0.15) is 0 Å². The summed E-state index contributed by atoms with van der Waals surface area (Å²) in [6.07, 6.45) is 71.0. The van der Waals surface area contributed by atoms with Crippen LogP contribution in [0, 0.1) is 79.5 Å². The minimum atomic E-state index is -0.553. The number of unbranched alkanes of at least 4 members (excludes halogenated alkanes) is 2. The second-order valence-electron chi connectivity index (χ2n) is 42.8. The predicted octanol–water partition coefficient (Wildman–Crippen LogP) is 23.6. The maximum absolute atomic E-state index is 14.0. The van der Waals surface area contributed by atoms with Crippen molar-refractivity contribution in [3.8, 4) is 42.8 Å². The van der Waals surface area contributed by atoms with Crippen LogP contribution in [0.15, 0.2) is 170 Å². The first-order valence-electron chi connectivity index (χ1n) is 57.1. The average Bonchev–Trinajstić information content (AvgIpc) is 0.783. The topological polar surface area (TPSA) is 256 Å². The monoisotopic (exact) mass is 2000 g/mol. The van der Waals surface area contributed by atoms with Crippen LogP contribution < -0.4 is 31.3 Å². The third-order valence-corrected chi connectivity index (χ3v) is 32.4. The van der Waals surface area contributed by atoms with Crippen LogP contribution in [0.2, 0.25) is 0 Å². The maximum atomic E-state index is 14.0.